The van der Waals surface area contributed by atoms with Crippen LogP contribution in [0.1, 0.15) is 49.3 Å². The van der Waals surface area contributed by atoms with Gasteiger partial charge in [-0.2, -0.15) is 15.3 Å². The summed E-state index contributed by atoms with van der Waals surface area (Å²) in [7, 11) is 0. The van der Waals surface area contributed by atoms with Crippen LogP contribution in [0.25, 0.3) is 0 Å². The molecule has 1 aromatic carbocycles. The van der Waals surface area contributed by atoms with Crippen molar-refractivity contribution in [3.63, 3.8) is 0 Å². The van der Waals surface area contributed by atoms with E-state index in [0.717, 1.165) is 17.1 Å². The molecule has 0 atom stereocenters. The van der Waals surface area contributed by atoms with Crippen molar-refractivity contribution in [2.24, 2.45) is 0 Å². The Bertz CT molecular complexity index is 949. The maximum Gasteiger partial charge on any atom is 0.229 e. The Morgan fingerprint density at radius 3 is 2.64 bits per heavy atom. The van der Waals surface area contributed by atoms with Gasteiger partial charge in [-0.05, 0) is 36.6 Å². The van der Waals surface area contributed by atoms with E-state index < -0.39 is 0 Å². The first-order chi connectivity index (χ1) is 13.8. The van der Waals surface area contributed by atoms with E-state index in [1.807, 2.05) is 30.3 Å². The number of nitrogens with one attached hydrogen (secondary N) is 3. The molecule has 0 saturated heterocycles. The maximum atomic E-state index is 8.75. The largest absolute Gasteiger partial charge is 0.324 e. The first kappa shape index (κ1) is 18.0. The van der Waals surface area contributed by atoms with Crippen molar-refractivity contribution >= 4 is 23.3 Å². The molecule has 1 aliphatic rings. The van der Waals surface area contributed by atoms with Gasteiger partial charge in [0.2, 0.25) is 5.95 Å². The minimum Gasteiger partial charge on any atom is -0.324 e. The second-order valence-electron chi connectivity index (χ2n) is 7.09. The molecule has 2 aromatic heterocycles. The van der Waals surface area contributed by atoms with E-state index in [0.29, 0.717) is 24.1 Å². The van der Waals surface area contributed by atoms with Crippen molar-refractivity contribution in [3.8, 4) is 6.07 Å². The molecule has 0 amide bonds. The van der Waals surface area contributed by atoms with Crippen LogP contribution >= 0.6 is 0 Å². The van der Waals surface area contributed by atoms with Gasteiger partial charge in [-0.3, -0.25) is 5.10 Å². The third-order valence-corrected chi connectivity index (χ3v) is 5.05. The number of aromatic amines is 1. The Kier molecular flexibility index (Phi) is 5.48. The molecule has 1 aliphatic carbocycles. The van der Waals surface area contributed by atoms with Crippen molar-refractivity contribution in [3.05, 3.63) is 53.9 Å². The molecule has 1 fully saturated rings. The third-order valence-electron chi connectivity index (χ3n) is 5.05. The molecule has 1 saturated carbocycles. The highest BCUT2D eigenvalue weighted by Gasteiger charge is 2.17. The summed E-state index contributed by atoms with van der Waals surface area (Å²) in [5.74, 6) is 2.54. The fourth-order valence-electron chi connectivity index (χ4n) is 3.57. The zero-order chi connectivity index (χ0) is 19.2. The number of hydrogen-bond acceptors (Lipinski definition) is 6. The molecule has 4 rings (SSSR count). The molecule has 7 heteroatoms. The summed E-state index contributed by atoms with van der Waals surface area (Å²) in [6.45, 7) is 0. The molecule has 0 radical (unpaired) electrons. The van der Waals surface area contributed by atoms with Gasteiger partial charge in [0.05, 0.1) is 12.5 Å². The number of aromatic nitrogens is 4. The van der Waals surface area contributed by atoms with Crippen molar-refractivity contribution in [1.82, 2.24) is 20.2 Å². The Balaban J connectivity index is 1.41. The fraction of sp³-hybridized carbons (Fsp3) is 0.333. The second kappa shape index (κ2) is 8.53. The molecule has 0 spiro atoms. The van der Waals surface area contributed by atoms with Gasteiger partial charge in [-0.25, -0.2) is 4.98 Å². The zero-order valence-corrected chi connectivity index (χ0v) is 15.7. The van der Waals surface area contributed by atoms with E-state index in [4.69, 9.17) is 5.26 Å². The number of nitriles is 1. The highest BCUT2D eigenvalue weighted by Crippen LogP contribution is 2.32. The molecule has 28 heavy (non-hydrogen) atoms. The molecular formula is C21H23N7. The normalized spacial score (nSPS) is 14.4. The first-order valence-electron chi connectivity index (χ1n) is 9.68. The standard InChI is InChI=1S/C21H23N7/c22-12-10-15-6-8-17(9-7-15)24-21-23-13-11-19(26-21)25-20-14-18(27-28-20)16-4-2-1-3-5-16/h6-9,11,13-14,16H,1-5,10H2,(H3,23,24,25,26,27,28). The van der Waals surface area contributed by atoms with Crippen LogP contribution in [0.15, 0.2) is 42.6 Å². The highest BCUT2D eigenvalue weighted by atomic mass is 15.2. The van der Waals surface area contributed by atoms with Crippen LogP contribution in [0.5, 0.6) is 0 Å². The van der Waals surface area contributed by atoms with Crippen LogP contribution in [0, 0.1) is 11.3 Å². The predicted molar refractivity (Wildman–Crippen MR) is 109 cm³/mol. The lowest BCUT2D eigenvalue weighted by atomic mass is 9.87. The average Bonchev–Trinajstić information content (AvgIpc) is 3.19. The number of anilines is 4. The molecule has 0 aliphatic heterocycles. The lowest BCUT2D eigenvalue weighted by Crippen LogP contribution is -2.04. The van der Waals surface area contributed by atoms with Gasteiger partial charge in [0.25, 0.3) is 0 Å². The Labute approximate surface area is 164 Å². The molecule has 7 nitrogen and oxygen atoms in total. The maximum absolute atomic E-state index is 8.75. The van der Waals surface area contributed by atoms with Crippen LogP contribution in [0.4, 0.5) is 23.3 Å². The van der Waals surface area contributed by atoms with E-state index in [1.54, 1.807) is 6.20 Å². The highest BCUT2D eigenvalue weighted by molar-refractivity contribution is 5.58. The summed E-state index contributed by atoms with van der Waals surface area (Å²) < 4.78 is 0. The quantitative estimate of drug-likeness (QED) is 0.573. The molecule has 3 aromatic rings. The SMILES string of the molecule is N#CCc1ccc(Nc2nccc(Nc3cc(C4CCCCC4)[nH]n3)n2)cc1. The lowest BCUT2D eigenvalue weighted by Gasteiger charge is -2.19. The van der Waals surface area contributed by atoms with Crippen LogP contribution in [0.2, 0.25) is 0 Å². The molecule has 0 bridgehead atoms. The monoisotopic (exact) mass is 373 g/mol. The van der Waals surface area contributed by atoms with Crippen LogP contribution in [-0.2, 0) is 6.42 Å². The van der Waals surface area contributed by atoms with Gasteiger partial charge < -0.3 is 10.6 Å². The Morgan fingerprint density at radius 2 is 1.86 bits per heavy atom. The van der Waals surface area contributed by atoms with Gasteiger partial charge in [-0.15, -0.1) is 0 Å². The number of H-pyrrole nitrogens is 1. The van der Waals surface area contributed by atoms with Crippen molar-refractivity contribution in [2.45, 2.75) is 44.4 Å². The smallest absolute Gasteiger partial charge is 0.229 e. The number of hydrogen-bond donors (Lipinski definition) is 3. The molecule has 0 unspecified atom stereocenters. The number of nitrogens with zero attached hydrogens (tertiary/aromatic N) is 4. The van der Waals surface area contributed by atoms with E-state index in [-0.39, 0.29) is 0 Å². The summed E-state index contributed by atoms with van der Waals surface area (Å²) >= 11 is 0. The summed E-state index contributed by atoms with van der Waals surface area (Å²) in [5, 5.41) is 22.7. The molecular weight excluding hydrogens is 350 g/mol. The minimum atomic E-state index is 0.405. The topological polar surface area (TPSA) is 102 Å². The van der Waals surface area contributed by atoms with E-state index in [9.17, 15) is 0 Å². The first-order valence-corrected chi connectivity index (χ1v) is 9.68. The minimum absolute atomic E-state index is 0.405. The zero-order valence-electron chi connectivity index (χ0n) is 15.7. The third kappa shape index (κ3) is 4.46. The number of benzene rings is 1. The summed E-state index contributed by atoms with van der Waals surface area (Å²) in [6.07, 6.45) is 8.51. The van der Waals surface area contributed by atoms with Crippen molar-refractivity contribution < 1.29 is 0 Å². The molecule has 3 N–H and O–H groups in total. The van der Waals surface area contributed by atoms with Gasteiger partial charge in [0.15, 0.2) is 5.82 Å². The van der Waals surface area contributed by atoms with Gasteiger partial charge in [0, 0.05) is 29.6 Å². The predicted octanol–water partition coefficient (Wildman–Crippen LogP) is 4.80. The average molecular weight is 373 g/mol. The lowest BCUT2D eigenvalue weighted by molar-refractivity contribution is 0.436. The molecule has 2 heterocycles. The van der Waals surface area contributed by atoms with Gasteiger partial charge >= 0.3 is 0 Å². The van der Waals surface area contributed by atoms with E-state index >= 15 is 0 Å². The van der Waals surface area contributed by atoms with Crippen LogP contribution in [0.3, 0.4) is 0 Å². The van der Waals surface area contributed by atoms with Crippen molar-refractivity contribution in [2.75, 3.05) is 10.6 Å². The van der Waals surface area contributed by atoms with Crippen molar-refractivity contribution in [1.29, 1.82) is 5.26 Å². The summed E-state index contributed by atoms with van der Waals surface area (Å²) in [6, 6.07) is 13.7. The van der Waals surface area contributed by atoms with E-state index in [1.165, 1.54) is 37.8 Å². The summed E-state index contributed by atoms with van der Waals surface area (Å²) in [4.78, 5) is 8.78. The Hall–Kier alpha value is -3.40. The molecule has 142 valence electrons. The van der Waals surface area contributed by atoms with Gasteiger partial charge in [-0.1, -0.05) is 31.4 Å². The van der Waals surface area contributed by atoms with E-state index in [2.05, 4.69) is 42.9 Å². The number of rotatable bonds is 6. The van der Waals surface area contributed by atoms with Crippen LogP contribution in [-0.4, -0.2) is 20.2 Å². The second-order valence-corrected chi connectivity index (χ2v) is 7.09. The summed E-state index contributed by atoms with van der Waals surface area (Å²) in [5.41, 5.74) is 3.06. The fourth-order valence-corrected chi connectivity index (χ4v) is 3.57. The Morgan fingerprint density at radius 1 is 1.04 bits per heavy atom. The van der Waals surface area contributed by atoms with Crippen LogP contribution < -0.4 is 10.6 Å². The van der Waals surface area contributed by atoms with Gasteiger partial charge in [0.1, 0.15) is 5.82 Å².